The maximum Gasteiger partial charge on any atom is 0.339 e. The van der Waals surface area contributed by atoms with Gasteiger partial charge in [-0.25, -0.2) is 9.59 Å². The van der Waals surface area contributed by atoms with Crippen molar-refractivity contribution < 1.29 is 14.7 Å². The van der Waals surface area contributed by atoms with Gasteiger partial charge in [0.2, 0.25) is 0 Å². The van der Waals surface area contributed by atoms with Crippen molar-refractivity contribution in [2.75, 3.05) is 11.9 Å². The van der Waals surface area contributed by atoms with Gasteiger partial charge in [0.25, 0.3) is 0 Å². The van der Waals surface area contributed by atoms with Crippen LogP contribution >= 0.6 is 23.2 Å². The van der Waals surface area contributed by atoms with E-state index in [2.05, 4.69) is 17.2 Å². The second kappa shape index (κ2) is 6.28. The number of urea groups is 1. The molecule has 0 aliphatic heterocycles. The number of carboxylic acids is 1. The van der Waals surface area contributed by atoms with Gasteiger partial charge < -0.3 is 15.7 Å². The van der Waals surface area contributed by atoms with Crippen LogP contribution in [0.1, 0.15) is 10.4 Å². The van der Waals surface area contributed by atoms with Crippen LogP contribution in [0.15, 0.2) is 29.8 Å². The highest BCUT2D eigenvalue weighted by atomic mass is 35.5. The summed E-state index contributed by atoms with van der Waals surface area (Å²) in [7, 11) is 0. The molecule has 0 radical (unpaired) electrons. The number of rotatable bonds is 4. The minimum absolute atomic E-state index is 0.0436. The van der Waals surface area contributed by atoms with Crippen molar-refractivity contribution in [2.45, 2.75) is 0 Å². The normalized spacial score (nSPS) is 9.67. The van der Waals surface area contributed by atoms with E-state index in [1.54, 1.807) is 0 Å². The first kappa shape index (κ1) is 14.3. The molecule has 1 rings (SSSR count). The number of halogens is 2. The van der Waals surface area contributed by atoms with E-state index in [1.807, 2.05) is 0 Å². The van der Waals surface area contributed by atoms with Crippen LogP contribution < -0.4 is 10.6 Å². The fourth-order valence-electron chi connectivity index (χ4n) is 1.19. The van der Waals surface area contributed by atoms with E-state index in [0.29, 0.717) is 0 Å². The molecule has 7 heteroatoms. The third-order valence-electron chi connectivity index (χ3n) is 1.92. The molecule has 5 nitrogen and oxygen atoms in total. The van der Waals surface area contributed by atoms with Gasteiger partial charge in [-0.1, -0.05) is 35.8 Å². The maximum absolute atomic E-state index is 11.4. The molecule has 0 bridgehead atoms. The molecule has 0 aliphatic carbocycles. The number of carboxylic acid groups (broad SMARTS) is 1. The van der Waals surface area contributed by atoms with E-state index >= 15 is 0 Å². The van der Waals surface area contributed by atoms with Gasteiger partial charge in [-0.05, 0) is 12.1 Å². The zero-order valence-electron chi connectivity index (χ0n) is 9.17. The summed E-state index contributed by atoms with van der Waals surface area (Å²) in [4.78, 5) is 22.4. The second-order valence-corrected chi connectivity index (χ2v) is 4.23. The van der Waals surface area contributed by atoms with Gasteiger partial charge in [0.05, 0.1) is 17.3 Å². The Balaban J connectivity index is 2.84. The Labute approximate surface area is 113 Å². The molecule has 0 atom stereocenters. The van der Waals surface area contributed by atoms with Crippen LogP contribution in [-0.4, -0.2) is 23.7 Å². The topological polar surface area (TPSA) is 78.4 Å². The van der Waals surface area contributed by atoms with Crippen LogP contribution in [0.2, 0.25) is 5.02 Å². The first-order valence-electron chi connectivity index (χ1n) is 4.81. The van der Waals surface area contributed by atoms with Crippen molar-refractivity contribution in [3.8, 4) is 0 Å². The summed E-state index contributed by atoms with van der Waals surface area (Å²) >= 11 is 11.2. The van der Waals surface area contributed by atoms with E-state index in [0.717, 1.165) is 0 Å². The lowest BCUT2D eigenvalue weighted by molar-refractivity contribution is 0.0698. The lowest BCUT2D eigenvalue weighted by Crippen LogP contribution is -2.30. The third-order valence-corrected chi connectivity index (χ3v) is 2.37. The SMILES string of the molecule is C=C(Cl)CNC(=O)Nc1cccc(Cl)c1C(=O)O. The molecule has 1 aromatic rings. The number of anilines is 1. The van der Waals surface area contributed by atoms with Gasteiger partial charge >= 0.3 is 12.0 Å². The van der Waals surface area contributed by atoms with Crippen molar-refractivity contribution in [1.82, 2.24) is 5.32 Å². The number of amides is 2. The average molecular weight is 289 g/mol. The maximum atomic E-state index is 11.4. The Morgan fingerprint density at radius 3 is 2.61 bits per heavy atom. The number of nitrogens with one attached hydrogen (secondary N) is 2. The minimum Gasteiger partial charge on any atom is -0.478 e. The highest BCUT2D eigenvalue weighted by Gasteiger charge is 2.15. The van der Waals surface area contributed by atoms with Gasteiger partial charge in [0, 0.05) is 5.03 Å². The number of carbonyl (C=O) groups is 2. The highest BCUT2D eigenvalue weighted by Crippen LogP contribution is 2.24. The summed E-state index contributed by atoms with van der Waals surface area (Å²) in [5, 5.41) is 14.1. The van der Waals surface area contributed by atoms with Crippen molar-refractivity contribution in [3.63, 3.8) is 0 Å². The predicted molar refractivity (Wildman–Crippen MR) is 70.4 cm³/mol. The number of carbonyl (C=O) groups excluding carboxylic acids is 1. The summed E-state index contributed by atoms with van der Waals surface area (Å²) in [6.45, 7) is 3.48. The molecule has 0 saturated heterocycles. The summed E-state index contributed by atoms with van der Waals surface area (Å²) < 4.78 is 0. The van der Waals surface area contributed by atoms with E-state index in [1.165, 1.54) is 18.2 Å². The molecule has 1 aromatic carbocycles. The standard InChI is InChI=1S/C11H10Cl2N2O3/c1-6(12)5-14-11(18)15-8-4-2-3-7(13)9(8)10(16)17/h2-4H,1,5H2,(H,16,17)(H2,14,15,18). The smallest absolute Gasteiger partial charge is 0.339 e. The Morgan fingerprint density at radius 1 is 1.39 bits per heavy atom. The Hall–Kier alpha value is -1.72. The largest absolute Gasteiger partial charge is 0.478 e. The number of aromatic carboxylic acids is 1. The first-order chi connectivity index (χ1) is 8.41. The van der Waals surface area contributed by atoms with Crippen LogP contribution in [-0.2, 0) is 0 Å². The van der Waals surface area contributed by atoms with Gasteiger partial charge in [-0.2, -0.15) is 0 Å². The van der Waals surface area contributed by atoms with Gasteiger partial charge in [-0.15, -0.1) is 0 Å². The Morgan fingerprint density at radius 2 is 2.06 bits per heavy atom. The lowest BCUT2D eigenvalue weighted by atomic mass is 10.2. The van der Waals surface area contributed by atoms with Gasteiger partial charge in [0.15, 0.2) is 0 Å². The van der Waals surface area contributed by atoms with Crippen LogP contribution in [0.25, 0.3) is 0 Å². The van der Waals surface area contributed by atoms with E-state index in [-0.39, 0.29) is 27.9 Å². The zero-order valence-corrected chi connectivity index (χ0v) is 10.7. The summed E-state index contributed by atoms with van der Waals surface area (Å²) in [6.07, 6.45) is 0. The van der Waals surface area contributed by atoms with Crippen molar-refractivity contribution >= 4 is 40.9 Å². The fraction of sp³-hybridized carbons (Fsp3) is 0.0909. The van der Waals surface area contributed by atoms with E-state index in [9.17, 15) is 9.59 Å². The molecule has 3 N–H and O–H groups in total. The first-order valence-corrected chi connectivity index (χ1v) is 5.57. The molecule has 0 unspecified atom stereocenters. The summed E-state index contributed by atoms with van der Waals surface area (Å²) in [5.74, 6) is -1.22. The molecule has 0 heterocycles. The van der Waals surface area contributed by atoms with Crippen LogP contribution in [0.5, 0.6) is 0 Å². The van der Waals surface area contributed by atoms with Crippen molar-refractivity contribution in [2.24, 2.45) is 0 Å². The third kappa shape index (κ3) is 3.94. The van der Waals surface area contributed by atoms with Gasteiger partial charge in [-0.3, -0.25) is 0 Å². The number of hydrogen-bond acceptors (Lipinski definition) is 2. The van der Waals surface area contributed by atoms with E-state index < -0.39 is 12.0 Å². The fourth-order valence-corrected chi connectivity index (χ4v) is 1.51. The molecule has 0 saturated carbocycles. The second-order valence-electron chi connectivity index (χ2n) is 3.29. The Bertz CT molecular complexity index is 503. The molecule has 0 aromatic heterocycles. The molecule has 96 valence electrons. The summed E-state index contributed by atoms with van der Waals surface area (Å²) in [5.41, 5.74) is -0.0632. The number of hydrogen-bond donors (Lipinski definition) is 3. The van der Waals surface area contributed by atoms with Crippen molar-refractivity contribution in [3.05, 3.63) is 40.4 Å². The molecular formula is C11H10Cl2N2O3. The molecule has 2 amide bonds. The number of benzene rings is 1. The molecule has 18 heavy (non-hydrogen) atoms. The highest BCUT2D eigenvalue weighted by molar-refractivity contribution is 6.34. The van der Waals surface area contributed by atoms with Crippen molar-refractivity contribution in [1.29, 1.82) is 0 Å². The average Bonchev–Trinajstić information content (AvgIpc) is 2.26. The Kier molecular flexibility index (Phi) is 5.00. The van der Waals surface area contributed by atoms with Crippen LogP contribution in [0.4, 0.5) is 10.5 Å². The molecule has 0 spiro atoms. The van der Waals surface area contributed by atoms with Crippen LogP contribution in [0.3, 0.4) is 0 Å². The zero-order chi connectivity index (χ0) is 13.7. The lowest BCUT2D eigenvalue weighted by Gasteiger charge is -2.10. The summed E-state index contributed by atoms with van der Waals surface area (Å²) in [6, 6.07) is 3.80. The van der Waals surface area contributed by atoms with E-state index in [4.69, 9.17) is 28.3 Å². The monoisotopic (exact) mass is 288 g/mol. The molecular weight excluding hydrogens is 279 g/mol. The van der Waals surface area contributed by atoms with Crippen LogP contribution in [0, 0.1) is 0 Å². The predicted octanol–water partition coefficient (Wildman–Crippen LogP) is 2.91. The molecule has 0 fully saturated rings. The molecule has 0 aliphatic rings. The quantitative estimate of drug-likeness (QED) is 0.797. The van der Waals surface area contributed by atoms with Gasteiger partial charge in [0.1, 0.15) is 5.56 Å². The minimum atomic E-state index is -1.22.